The van der Waals surface area contributed by atoms with Crippen LogP contribution in [0.5, 0.6) is 11.5 Å². The van der Waals surface area contributed by atoms with Crippen LogP contribution >= 0.6 is 23.2 Å². The molecular weight excluding hydrogens is 1960 g/mol. The van der Waals surface area contributed by atoms with Crippen molar-refractivity contribution in [3.05, 3.63) is 156 Å². The number of benzene rings is 11. The zero-order valence-electron chi connectivity index (χ0n) is 62.6. The fraction of sp³-hybridized carbons (Fsp3) is 0.0154. The first kappa shape index (κ1) is 93.6. The van der Waals surface area contributed by atoms with Gasteiger partial charge in [0, 0.05) is 40.0 Å². The number of anilines is 10. The number of hydrogen-bond donors (Lipinski definition) is 17. The number of nitrogens with one attached hydrogen (secondary N) is 3. The summed E-state index contributed by atoms with van der Waals surface area (Å²) in [6.45, 7) is 0. The molecule has 0 unspecified atom stereocenters. The highest BCUT2D eigenvalue weighted by atomic mass is 35.5. The van der Waals surface area contributed by atoms with Gasteiger partial charge in [0.25, 0.3) is 101 Å². The molecule has 129 heavy (non-hydrogen) atoms. The van der Waals surface area contributed by atoms with E-state index in [4.69, 9.17) is 34.7 Å². The van der Waals surface area contributed by atoms with Crippen LogP contribution in [-0.4, -0.2) is 177 Å². The Kier molecular flexibility index (Phi) is 24.3. The largest absolute Gasteiger partial charge is 0.505 e. The highest BCUT2D eigenvalue weighted by Crippen LogP contribution is 2.52. The Balaban J connectivity index is 0.792. The third kappa shape index (κ3) is 19.5. The monoisotopic (exact) mass is 2010 g/mol. The predicted molar refractivity (Wildman–Crippen MR) is 450 cm³/mol. The van der Waals surface area contributed by atoms with E-state index in [1.165, 1.54) is 36.2 Å². The summed E-state index contributed by atoms with van der Waals surface area (Å²) >= 11 is 12.8. The van der Waals surface area contributed by atoms with Gasteiger partial charge in [0.1, 0.15) is 94.5 Å². The molecule has 0 radical (unpaired) electrons. The molecule has 2 heterocycles. The second-order valence-corrected chi connectivity index (χ2v) is 40.5. The highest BCUT2D eigenvalue weighted by molar-refractivity contribution is 7.88. The molecule has 0 saturated heterocycles. The molecule has 0 atom stereocenters. The maximum atomic E-state index is 13.1. The standard InChI is InChI=1S/C65H46Cl2N20O32S10/c1-87(65-76-61(67)75-63(78-65)71-29-13-19-43(123(99,100)101)38(25-29)82-86-55-47(127(111,112)113)23-27-21-45(125(105,106)107)53(51(69)49(27)57(55)89)84-80-36-17-15-31-33(59(36)129(117,118)119)7-5-11-41(31)121(93,94)95)39-9-3-2-8-34(39)72-64-74-60(66)73-62(77-64)70-28-12-18-42(122(96,97)98)37(24-28)81-85-54-46(126(108,109)110)22-26-20-44(124(102,103)104)52(50(68)48(26)56(54)88)83-79-35-16-14-30-32(58(35)128(114,115)116)6-4-10-40(30)120(90,91)92/h2-25,88-89H,68-69H2,1H3,(H,90,91,92)(H,93,94,95)(H,96,97,98)(H,99,100,101)(H,102,103,104)(H,105,106,107)(H,108,109,110)(H,111,112,113)(H,114,115,116)(H,117,118,119)(H,71,75,76,78)(H2,70,72,73,74,77)/b83-79+,84-80+,85-81+,86-82+. The smallest absolute Gasteiger partial charge is 0.297 e. The number of nitrogens with zero attached hydrogens (tertiary/aromatic N) is 15. The predicted octanol–water partition coefficient (Wildman–Crippen LogP) is 11.7. The summed E-state index contributed by atoms with van der Waals surface area (Å²) in [5.74, 6) is -4.51. The molecule has 64 heteroatoms. The van der Waals surface area contributed by atoms with Gasteiger partial charge in [-0.25, -0.2) is 0 Å². The summed E-state index contributed by atoms with van der Waals surface area (Å²) in [5, 5.41) is 54.8. The summed E-state index contributed by atoms with van der Waals surface area (Å²) in [7, 11) is -53.0. The Morgan fingerprint density at radius 2 is 0.651 bits per heavy atom. The van der Waals surface area contributed by atoms with Crippen molar-refractivity contribution in [3.8, 4) is 11.5 Å². The number of halogens is 2. The van der Waals surface area contributed by atoms with E-state index < -0.39 is 284 Å². The highest BCUT2D eigenvalue weighted by Gasteiger charge is 2.34. The van der Waals surface area contributed by atoms with Gasteiger partial charge in [0.15, 0.2) is 11.5 Å². The van der Waals surface area contributed by atoms with Crippen LogP contribution in [0.25, 0.3) is 43.1 Å². The normalized spacial score (nSPS) is 13.2. The van der Waals surface area contributed by atoms with Crippen molar-refractivity contribution in [2.75, 3.05) is 39.4 Å². The van der Waals surface area contributed by atoms with Crippen molar-refractivity contribution in [2.45, 2.75) is 49.0 Å². The zero-order valence-corrected chi connectivity index (χ0v) is 72.3. The van der Waals surface area contributed by atoms with Crippen molar-refractivity contribution in [1.82, 2.24) is 29.9 Å². The van der Waals surface area contributed by atoms with Crippen LogP contribution < -0.4 is 32.3 Å². The van der Waals surface area contributed by atoms with Gasteiger partial charge in [-0.3, -0.25) is 45.5 Å². The topological polar surface area (TPSA) is 852 Å². The number of azo groups is 4. The second kappa shape index (κ2) is 33.5. The number of phenolic OH excluding ortho intramolecular Hbond substituents is 2. The van der Waals surface area contributed by atoms with E-state index in [1.807, 2.05) is 0 Å². The molecule has 2 aromatic heterocycles. The van der Waals surface area contributed by atoms with Gasteiger partial charge in [-0.2, -0.15) is 114 Å². The molecule has 19 N–H and O–H groups in total. The van der Waals surface area contributed by atoms with E-state index in [0.29, 0.717) is 36.4 Å². The van der Waals surface area contributed by atoms with E-state index in [1.54, 1.807) is 0 Å². The average molecular weight is 2010 g/mol. The zero-order chi connectivity index (χ0) is 94.7. The number of nitrogens with two attached hydrogens (primary N) is 2. The van der Waals surface area contributed by atoms with Crippen LogP contribution in [0.1, 0.15) is 0 Å². The number of phenols is 2. The van der Waals surface area contributed by atoms with E-state index in [-0.39, 0.29) is 34.6 Å². The number of hydrogen-bond acceptors (Lipinski definition) is 42. The number of nitrogen functional groups attached to an aromatic ring is 2. The molecule has 0 saturated carbocycles. The third-order valence-electron chi connectivity index (χ3n) is 17.7. The summed E-state index contributed by atoms with van der Waals surface area (Å²) < 4.78 is 358. The van der Waals surface area contributed by atoms with Crippen LogP contribution in [-0.2, 0) is 101 Å². The lowest BCUT2D eigenvalue weighted by molar-refractivity contribution is 0.471. The molecule has 0 aliphatic heterocycles. The molecule has 0 aliphatic rings. The molecule has 13 aromatic rings. The van der Waals surface area contributed by atoms with Crippen LogP contribution in [0.2, 0.25) is 10.6 Å². The minimum absolute atomic E-state index is 0.0945. The van der Waals surface area contributed by atoms with Crippen molar-refractivity contribution in [2.24, 2.45) is 40.9 Å². The quantitative estimate of drug-likeness (QED) is 0.0136. The molecule has 0 fully saturated rings. The lowest BCUT2D eigenvalue weighted by Gasteiger charge is -2.21. The van der Waals surface area contributed by atoms with Gasteiger partial charge in [-0.1, -0.05) is 48.5 Å². The van der Waals surface area contributed by atoms with Crippen molar-refractivity contribution in [3.63, 3.8) is 0 Å². The Bertz CT molecular complexity index is 8540. The van der Waals surface area contributed by atoms with Gasteiger partial charge in [-0.15, -0.1) is 40.9 Å². The summed E-state index contributed by atoms with van der Waals surface area (Å²) in [6.07, 6.45) is 0. The van der Waals surface area contributed by atoms with Gasteiger partial charge < -0.3 is 42.5 Å². The summed E-state index contributed by atoms with van der Waals surface area (Å²) in [4.78, 5) is 14.4. The molecular formula is C65H46Cl2N20O32S10. The summed E-state index contributed by atoms with van der Waals surface area (Å²) in [6, 6.07) is 21.4. The molecule has 13 rings (SSSR count). The van der Waals surface area contributed by atoms with Crippen LogP contribution in [0.15, 0.2) is 235 Å². The third-order valence-corrected chi connectivity index (χ3v) is 27.1. The number of aromatic nitrogens is 6. The molecule has 0 spiro atoms. The number of rotatable bonds is 26. The van der Waals surface area contributed by atoms with E-state index >= 15 is 0 Å². The Morgan fingerprint density at radius 3 is 1.02 bits per heavy atom. The SMILES string of the molecule is CN(c1nc(Cl)nc(Nc2ccc(S(=O)(=O)O)c(/N=N/c3c(S(=O)(=O)O)cc4cc(S(=O)(=O)O)c(/N=N/c5ccc6c(S(=O)(=O)O)cccc6c5S(=O)(=O)O)c(N)c4c3O)c2)n1)c1ccccc1Nc1nc(Cl)nc(Nc2ccc(S(=O)(=O)O)c(/N=N/c3c(S(=O)(=O)O)cc4cc(S(=O)(=O)O)c(/N=N/c5ccc6c(S(=O)(=O)O)cccc6c5S(=O)(=O)O)c(N)c4c3O)c2)n1. The van der Waals surface area contributed by atoms with Gasteiger partial charge in [-0.05, 0) is 131 Å². The first-order valence-corrected chi connectivity index (χ1v) is 48.8. The van der Waals surface area contributed by atoms with Crippen LogP contribution in [0.3, 0.4) is 0 Å². The van der Waals surface area contributed by atoms with Gasteiger partial charge >= 0.3 is 0 Å². The van der Waals surface area contributed by atoms with Crippen molar-refractivity contribution >= 4 is 271 Å². The first-order chi connectivity index (χ1) is 59.7. The maximum absolute atomic E-state index is 13.1. The van der Waals surface area contributed by atoms with Crippen molar-refractivity contribution in [1.29, 1.82) is 0 Å². The lowest BCUT2D eigenvalue weighted by atomic mass is 10.1. The van der Waals surface area contributed by atoms with E-state index in [2.05, 4.69) is 86.8 Å². The molecule has 672 valence electrons. The maximum Gasteiger partial charge on any atom is 0.297 e. The summed E-state index contributed by atoms with van der Waals surface area (Å²) in [5.41, 5.74) is 1.64. The Morgan fingerprint density at radius 1 is 0.318 bits per heavy atom. The lowest BCUT2D eigenvalue weighted by Crippen LogP contribution is -2.16. The number of aromatic hydroxyl groups is 2. The number of fused-ring (bicyclic) bond motifs is 4. The Hall–Kier alpha value is -13.0. The van der Waals surface area contributed by atoms with Gasteiger partial charge in [0.2, 0.25) is 34.4 Å². The fourth-order valence-electron chi connectivity index (χ4n) is 12.5. The van der Waals surface area contributed by atoms with Crippen LogP contribution in [0, 0.1) is 0 Å². The molecule has 11 aromatic carbocycles. The number of para-hydroxylation sites is 2. The molecule has 0 amide bonds. The minimum Gasteiger partial charge on any atom is -0.505 e. The molecule has 52 nitrogen and oxygen atoms in total. The Labute approximate surface area is 732 Å². The second-order valence-electron chi connectivity index (χ2n) is 26.0. The van der Waals surface area contributed by atoms with Gasteiger partial charge in [0.05, 0.1) is 33.5 Å². The van der Waals surface area contributed by atoms with E-state index in [0.717, 1.165) is 84.9 Å². The van der Waals surface area contributed by atoms with Crippen molar-refractivity contribution < 1.29 is 140 Å². The fourth-order valence-corrected chi connectivity index (χ4v) is 19.8. The minimum atomic E-state index is -5.68. The average Bonchev–Trinajstić information content (AvgIpc) is 0.740. The molecule has 0 bridgehead atoms. The molecule has 0 aliphatic carbocycles. The first-order valence-electron chi connectivity index (χ1n) is 33.7. The van der Waals surface area contributed by atoms with E-state index in [9.17, 15) is 140 Å². The van der Waals surface area contributed by atoms with Crippen LogP contribution in [0.4, 0.5) is 103 Å².